The average molecular weight is 242 g/mol. The number of aliphatic hydroxyl groups is 1. The highest BCUT2D eigenvalue weighted by atomic mass is 16.4. The third kappa shape index (κ3) is 3.17. The van der Waals surface area contributed by atoms with Crippen LogP contribution in [0.15, 0.2) is 0 Å². The molecule has 0 aromatic heterocycles. The predicted octanol–water partition coefficient (Wildman–Crippen LogP) is -0.968. The Morgan fingerprint density at radius 3 is 2.65 bits per heavy atom. The van der Waals surface area contributed by atoms with Crippen LogP contribution in [0.25, 0.3) is 0 Å². The van der Waals surface area contributed by atoms with Crippen molar-refractivity contribution >= 4 is 11.9 Å². The van der Waals surface area contributed by atoms with E-state index < -0.39 is 18.1 Å². The first-order valence-electron chi connectivity index (χ1n) is 5.99. The van der Waals surface area contributed by atoms with Crippen LogP contribution < -0.4 is 5.32 Å². The zero-order valence-electron chi connectivity index (χ0n) is 9.63. The van der Waals surface area contributed by atoms with Crippen LogP contribution in [-0.2, 0) is 9.59 Å². The molecule has 2 aliphatic rings. The fraction of sp³-hybridized carbons (Fsp3) is 0.818. The Hall–Kier alpha value is -1.14. The zero-order valence-corrected chi connectivity index (χ0v) is 9.63. The second-order valence-corrected chi connectivity index (χ2v) is 4.86. The Kier molecular flexibility index (Phi) is 3.63. The summed E-state index contributed by atoms with van der Waals surface area (Å²) < 4.78 is 0. The number of carbonyl (C=O) groups is 2. The van der Waals surface area contributed by atoms with Crippen molar-refractivity contribution in [3.8, 4) is 0 Å². The molecule has 96 valence electrons. The Bertz CT molecular complexity index is 317. The van der Waals surface area contributed by atoms with Crippen LogP contribution in [-0.4, -0.2) is 58.8 Å². The summed E-state index contributed by atoms with van der Waals surface area (Å²) in [5.74, 6) is -0.603. The largest absolute Gasteiger partial charge is 0.480 e. The minimum absolute atomic E-state index is 0.126. The molecule has 2 atom stereocenters. The SMILES string of the molecule is O=C(O)[C@H]1C[C@@H](O)CN1C(=O)CNCC1CC1. The van der Waals surface area contributed by atoms with E-state index >= 15 is 0 Å². The van der Waals surface area contributed by atoms with Crippen LogP contribution in [0.3, 0.4) is 0 Å². The number of nitrogens with zero attached hydrogens (tertiary/aromatic N) is 1. The van der Waals surface area contributed by atoms with Gasteiger partial charge in [0.1, 0.15) is 6.04 Å². The number of rotatable bonds is 5. The lowest BCUT2D eigenvalue weighted by atomic mass is 10.2. The summed E-state index contributed by atoms with van der Waals surface area (Å²) in [6, 6.07) is -0.875. The van der Waals surface area contributed by atoms with Gasteiger partial charge in [-0.15, -0.1) is 0 Å². The maximum absolute atomic E-state index is 11.8. The molecule has 0 radical (unpaired) electrons. The molecule has 1 aliphatic heterocycles. The second-order valence-electron chi connectivity index (χ2n) is 4.86. The minimum Gasteiger partial charge on any atom is -0.480 e. The number of amides is 1. The van der Waals surface area contributed by atoms with Crippen molar-refractivity contribution in [2.75, 3.05) is 19.6 Å². The number of aliphatic hydroxyl groups excluding tert-OH is 1. The summed E-state index contributed by atoms with van der Waals surface area (Å²) in [5, 5.41) is 21.4. The Balaban J connectivity index is 1.81. The van der Waals surface area contributed by atoms with E-state index in [1.54, 1.807) is 0 Å². The molecule has 1 heterocycles. The molecule has 0 unspecified atom stereocenters. The van der Waals surface area contributed by atoms with Crippen molar-refractivity contribution in [3.63, 3.8) is 0 Å². The maximum atomic E-state index is 11.8. The third-order valence-corrected chi connectivity index (χ3v) is 3.29. The molecule has 0 aromatic rings. The van der Waals surface area contributed by atoms with Gasteiger partial charge in [0, 0.05) is 13.0 Å². The van der Waals surface area contributed by atoms with Gasteiger partial charge in [-0.05, 0) is 25.3 Å². The Labute approximate surface area is 99.6 Å². The van der Waals surface area contributed by atoms with Crippen molar-refractivity contribution in [2.24, 2.45) is 5.92 Å². The molecular weight excluding hydrogens is 224 g/mol. The molecule has 2 fully saturated rings. The quantitative estimate of drug-likeness (QED) is 0.577. The molecule has 17 heavy (non-hydrogen) atoms. The van der Waals surface area contributed by atoms with Gasteiger partial charge in [0.05, 0.1) is 12.6 Å². The van der Waals surface area contributed by atoms with Gasteiger partial charge in [-0.1, -0.05) is 0 Å². The monoisotopic (exact) mass is 242 g/mol. The van der Waals surface area contributed by atoms with E-state index in [1.165, 1.54) is 17.7 Å². The number of likely N-dealkylation sites (tertiary alicyclic amines) is 1. The van der Waals surface area contributed by atoms with Crippen LogP contribution >= 0.6 is 0 Å². The molecule has 3 N–H and O–H groups in total. The molecule has 2 rings (SSSR count). The molecule has 0 aromatic carbocycles. The summed E-state index contributed by atoms with van der Waals surface area (Å²) in [7, 11) is 0. The maximum Gasteiger partial charge on any atom is 0.326 e. The van der Waals surface area contributed by atoms with E-state index in [0.717, 1.165) is 6.54 Å². The van der Waals surface area contributed by atoms with Crippen LogP contribution in [0.4, 0.5) is 0 Å². The van der Waals surface area contributed by atoms with Crippen LogP contribution in [0, 0.1) is 5.92 Å². The molecule has 1 aliphatic carbocycles. The van der Waals surface area contributed by atoms with E-state index in [-0.39, 0.29) is 25.4 Å². The highest BCUT2D eigenvalue weighted by molar-refractivity contribution is 5.85. The van der Waals surface area contributed by atoms with Crippen molar-refractivity contribution < 1.29 is 19.8 Å². The van der Waals surface area contributed by atoms with Crippen LogP contribution in [0.5, 0.6) is 0 Å². The van der Waals surface area contributed by atoms with Crippen LogP contribution in [0.1, 0.15) is 19.3 Å². The molecule has 0 bridgehead atoms. The summed E-state index contributed by atoms with van der Waals surface area (Å²) in [4.78, 5) is 24.0. The zero-order chi connectivity index (χ0) is 12.4. The average Bonchev–Trinajstić information content (AvgIpc) is 2.99. The third-order valence-electron chi connectivity index (χ3n) is 3.29. The van der Waals surface area contributed by atoms with Crippen molar-refractivity contribution in [3.05, 3.63) is 0 Å². The van der Waals surface area contributed by atoms with E-state index in [4.69, 9.17) is 5.11 Å². The van der Waals surface area contributed by atoms with E-state index in [9.17, 15) is 14.7 Å². The van der Waals surface area contributed by atoms with Gasteiger partial charge in [-0.25, -0.2) is 4.79 Å². The number of aliphatic carboxylic acids is 1. The highest BCUT2D eigenvalue weighted by Crippen LogP contribution is 2.27. The normalized spacial score (nSPS) is 28.4. The number of hydrogen-bond donors (Lipinski definition) is 3. The first-order chi connectivity index (χ1) is 8.08. The molecule has 6 heteroatoms. The molecule has 0 spiro atoms. The van der Waals surface area contributed by atoms with Crippen LogP contribution in [0.2, 0.25) is 0 Å². The molecule has 1 amide bonds. The van der Waals surface area contributed by atoms with Gasteiger partial charge < -0.3 is 20.4 Å². The van der Waals surface area contributed by atoms with Gasteiger partial charge >= 0.3 is 5.97 Å². The highest BCUT2D eigenvalue weighted by Gasteiger charge is 2.38. The fourth-order valence-corrected chi connectivity index (χ4v) is 2.13. The first kappa shape index (κ1) is 12.3. The van der Waals surface area contributed by atoms with Gasteiger partial charge in [0.15, 0.2) is 0 Å². The van der Waals surface area contributed by atoms with Gasteiger partial charge in [-0.3, -0.25) is 4.79 Å². The van der Waals surface area contributed by atoms with Crippen molar-refractivity contribution in [1.82, 2.24) is 10.2 Å². The summed E-state index contributed by atoms with van der Waals surface area (Å²) in [5.41, 5.74) is 0. The van der Waals surface area contributed by atoms with E-state index in [2.05, 4.69) is 5.32 Å². The Morgan fingerprint density at radius 2 is 2.06 bits per heavy atom. The van der Waals surface area contributed by atoms with E-state index in [1.807, 2.05) is 0 Å². The standard InChI is InChI=1S/C11H18N2O4/c14-8-3-9(11(16)17)13(6-8)10(15)5-12-4-7-1-2-7/h7-9,12,14H,1-6H2,(H,16,17)/t8-,9-/m1/s1. The lowest BCUT2D eigenvalue weighted by molar-refractivity contribution is -0.147. The number of carboxylic acids is 1. The predicted molar refractivity (Wildman–Crippen MR) is 59.4 cm³/mol. The first-order valence-corrected chi connectivity index (χ1v) is 5.99. The van der Waals surface area contributed by atoms with Crippen molar-refractivity contribution in [1.29, 1.82) is 0 Å². The number of carbonyl (C=O) groups excluding carboxylic acids is 1. The lowest BCUT2D eigenvalue weighted by Gasteiger charge is -2.21. The fourth-order valence-electron chi connectivity index (χ4n) is 2.13. The number of nitrogens with one attached hydrogen (secondary N) is 1. The Morgan fingerprint density at radius 1 is 1.35 bits per heavy atom. The summed E-state index contributed by atoms with van der Waals surface area (Å²) >= 11 is 0. The molecular formula is C11H18N2O4. The molecule has 1 saturated heterocycles. The summed E-state index contributed by atoms with van der Waals surface area (Å²) in [6.45, 7) is 1.10. The van der Waals surface area contributed by atoms with Gasteiger partial charge in [0.2, 0.25) is 5.91 Å². The number of carboxylic acid groups (broad SMARTS) is 1. The summed E-state index contributed by atoms with van der Waals surface area (Å²) in [6.07, 6.45) is 1.83. The second kappa shape index (κ2) is 5.01. The minimum atomic E-state index is -1.04. The van der Waals surface area contributed by atoms with Gasteiger partial charge in [0.25, 0.3) is 0 Å². The lowest BCUT2D eigenvalue weighted by Crippen LogP contribution is -2.44. The smallest absolute Gasteiger partial charge is 0.326 e. The van der Waals surface area contributed by atoms with Crippen molar-refractivity contribution in [2.45, 2.75) is 31.4 Å². The number of β-amino-alcohol motifs (C(OH)–C–C–N with tert-alkyl or cyclic N) is 1. The molecule has 6 nitrogen and oxygen atoms in total. The van der Waals surface area contributed by atoms with Gasteiger partial charge in [-0.2, -0.15) is 0 Å². The topological polar surface area (TPSA) is 89.9 Å². The number of hydrogen-bond acceptors (Lipinski definition) is 4. The molecule has 1 saturated carbocycles. The van der Waals surface area contributed by atoms with E-state index in [0.29, 0.717) is 5.92 Å².